The third-order valence-electron chi connectivity index (χ3n) is 4.78. The van der Waals surface area contributed by atoms with Crippen LogP contribution in [-0.2, 0) is 16.4 Å². The topological polar surface area (TPSA) is 69.7 Å². The van der Waals surface area contributed by atoms with Crippen LogP contribution in [0.3, 0.4) is 0 Å². The maximum Gasteiger partial charge on any atom is 0.254 e. The number of benzene rings is 1. The molecule has 3 rings (SSSR count). The molecule has 0 saturated carbocycles. The Kier molecular flexibility index (Phi) is 8.82. The molecular formula is C17H27Cl2N3O3S. The molecule has 0 spiro atoms. The standard InChI is InChI=1S/C17H25N3O3S.2ClH/c1-14-12-18-5-6-20(14)17(21)16-4-2-3-15(11-16)13-19-7-9-24(22,23)10-8-19;;/h2-4,11,14,18H,5-10,12-13H2,1H3;2*1H. The number of hydrogen-bond donors (Lipinski definition) is 1. The van der Waals surface area contributed by atoms with Gasteiger partial charge in [-0.3, -0.25) is 9.69 Å². The molecule has 2 aliphatic rings. The average Bonchev–Trinajstić information content (AvgIpc) is 2.57. The number of nitrogens with one attached hydrogen (secondary N) is 1. The molecule has 1 amide bonds. The van der Waals surface area contributed by atoms with Crippen molar-refractivity contribution < 1.29 is 13.2 Å². The zero-order valence-corrected chi connectivity index (χ0v) is 17.3. The van der Waals surface area contributed by atoms with Crippen LogP contribution < -0.4 is 5.32 Å². The lowest BCUT2D eigenvalue weighted by atomic mass is 10.1. The Morgan fingerprint density at radius 2 is 1.88 bits per heavy atom. The van der Waals surface area contributed by atoms with Gasteiger partial charge in [-0.1, -0.05) is 12.1 Å². The fourth-order valence-corrected chi connectivity index (χ4v) is 4.55. The first-order valence-corrected chi connectivity index (χ1v) is 10.3. The third-order valence-corrected chi connectivity index (χ3v) is 6.39. The Morgan fingerprint density at radius 3 is 2.54 bits per heavy atom. The van der Waals surface area contributed by atoms with Crippen molar-refractivity contribution in [2.75, 3.05) is 44.2 Å². The lowest BCUT2D eigenvalue weighted by molar-refractivity contribution is 0.0655. The van der Waals surface area contributed by atoms with E-state index in [1.165, 1.54) is 0 Å². The van der Waals surface area contributed by atoms with Gasteiger partial charge < -0.3 is 10.2 Å². The van der Waals surface area contributed by atoms with Crippen molar-refractivity contribution >= 4 is 40.6 Å². The van der Waals surface area contributed by atoms with E-state index in [2.05, 4.69) is 17.1 Å². The number of piperazine rings is 1. The molecule has 2 fully saturated rings. The van der Waals surface area contributed by atoms with Crippen molar-refractivity contribution in [1.82, 2.24) is 15.1 Å². The van der Waals surface area contributed by atoms with E-state index in [0.717, 1.165) is 25.2 Å². The highest BCUT2D eigenvalue weighted by molar-refractivity contribution is 7.91. The molecule has 1 aromatic rings. The van der Waals surface area contributed by atoms with E-state index in [4.69, 9.17) is 0 Å². The van der Waals surface area contributed by atoms with Gasteiger partial charge in [-0.25, -0.2) is 8.42 Å². The summed E-state index contributed by atoms with van der Waals surface area (Å²) < 4.78 is 23.0. The van der Waals surface area contributed by atoms with Crippen LogP contribution in [0, 0.1) is 0 Å². The molecule has 26 heavy (non-hydrogen) atoms. The van der Waals surface area contributed by atoms with E-state index >= 15 is 0 Å². The maximum absolute atomic E-state index is 12.7. The average molecular weight is 424 g/mol. The second kappa shape index (κ2) is 9.90. The van der Waals surface area contributed by atoms with Gasteiger partial charge in [0, 0.05) is 50.9 Å². The summed E-state index contributed by atoms with van der Waals surface area (Å²) in [4.78, 5) is 16.8. The van der Waals surface area contributed by atoms with Gasteiger partial charge in [0.15, 0.2) is 9.84 Å². The summed E-state index contributed by atoms with van der Waals surface area (Å²) in [7, 11) is -2.86. The van der Waals surface area contributed by atoms with Crippen molar-refractivity contribution in [2.45, 2.75) is 19.5 Å². The minimum Gasteiger partial charge on any atom is -0.333 e. The van der Waals surface area contributed by atoms with E-state index in [-0.39, 0.29) is 48.3 Å². The fourth-order valence-electron chi connectivity index (χ4n) is 3.28. The molecule has 0 radical (unpaired) electrons. The molecule has 2 saturated heterocycles. The summed E-state index contributed by atoms with van der Waals surface area (Å²) in [5.74, 6) is 0.528. The summed E-state index contributed by atoms with van der Waals surface area (Å²) in [5, 5.41) is 3.29. The SMILES string of the molecule is CC1CNCCN1C(=O)c1cccc(CN2CCS(=O)(=O)CC2)c1.Cl.Cl. The van der Waals surface area contributed by atoms with Gasteiger partial charge in [0.05, 0.1) is 11.5 Å². The summed E-state index contributed by atoms with van der Waals surface area (Å²) in [6, 6.07) is 7.92. The van der Waals surface area contributed by atoms with Crippen molar-refractivity contribution in [3.05, 3.63) is 35.4 Å². The monoisotopic (exact) mass is 423 g/mol. The summed E-state index contributed by atoms with van der Waals surface area (Å²) in [6.45, 7) is 6.26. The van der Waals surface area contributed by atoms with Crippen LogP contribution in [0.2, 0.25) is 0 Å². The normalized spacial score (nSPS) is 22.8. The molecule has 6 nitrogen and oxygen atoms in total. The third kappa shape index (κ3) is 5.82. The number of amides is 1. The van der Waals surface area contributed by atoms with Crippen LogP contribution in [0.1, 0.15) is 22.8 Å². The maximum atomic E-state index is 12.7. The first-order valence-electron chi connectivity index (χ1n) is 8.48. The van der Waals surface area contributed by atoms with Gasteiger partial charge in [0.2, 0.25) is 0 Å². The van der Waals surface area contributed by atoms with Crippen LogP contribution >= 0.6 is 24.8 Å². The first kappa shape index (κ1) is 23.2. The molecule has 0 aliphatic carbocycles. The molecule has 1 N–H and O–H groups in total. The van der Waals surface area contributed by atoms with E-state index in [1.54, 1.807) is 0 Å². The molecule has 0 bridgehead atoms. The van der Waals surface area contributed by atoms with E-state index < -0.39 is 9.84 Å². The Bertz CT molecular complexity index is 701. The van der Waals surface area contributed by atoms with E-state index in [1.807, 2.05) is 29.2 Å². The van der Waals surface area contributed by atoms with Crippen molar-refractivity contribution in [2.24, 2.45) is 0 Å². The fraction of sp³-hybridized carbons (Fsp3) is 0.588. The number of halogens is 2. The number of rotatable bonds is 3. The van der Waals surface area contributed by atoms with Gasteiger partial charge in [-0.15, -0.1) is 24.8 Å². The lowest BCUT2D eigenvalue weighted by Crippen LogP contribution is -2.52. The zero-order chi connectivity index (χ0) is 17.2. The Morgan fingerprint density at radius 1 is 1.19 bits per heavy atom. The zero-order valence-electron chi connectivity index (χ0n) is 14.9. The predicted molar refractivity (Wildman–Crippen MR) is 108 cm³/mol. The molecule has 1 aromatic carbocycles. The highest BCUT2D eigenvalue weighted by atomic mass is 35.5. The summed E-state index contributed by atoms with van der Waals surface area (Å²) in [5.41, 5.74) is 1.77. The van der Waals surface area contributed by atoms with Gasteiger partial charge in [0.1, 0.15) is 0 Å². The molecule has 0 aromatic heterocycles. The summed E-state index contributed by atoms with van der Waals surface area (Å²) >= 11 is 0. The smallest absolute Gasteiger partial charge is 0.254 e. The van der Waals surface area contributed by atoms with E-state index in [9.17, 15) is 13.2 Å². The first-order chi connectivity index (χ1) is 11.4. The van der Waals surface area contributed by atoms with Crippen molar-refractivity contribution in [1.29, 1.82) is 0 Å². The predicted octanol–water partition coefficient (Wildman–Crippen LogP) is 1.19. The van der Waals surface area contributed by atoms with Crippen LogP contribution in [0.25, 0.3) is 0 Å². The minimum absolute atomic E-state index is 0. The highest BCUT2D eigenvalue weighted by Crippen LogP contribution is 2.15. The summed E-state index contributed by atoms with van der Waals surface area (Å²) in [6.07, 6.45) is 0. The number of carbonyl (C=O) groups excluding carboxylic acids is 1. The van der Waals surface area contributed by atoms with Crippen LogP contribution in [-0.4, -0.2) is 74.4 Å². The molecule has 1 atom stereocenters. The molecular weight excluding hydrogens is 397 g/mol. The molecule has 2 aliphatic heterocycles. The van der Waals surface area contributed by atoms with Crippen LogP contribution in [0.15, 0.2) is 24.3 Å². The largest absolute Gasteiger partial charge is 0.333 e. The number of nitrogens with zero attached hydrogens (tertiary/aromatic N) is 2. The molecule has 2 heterocycles. The Balaban J connectivity index is 0.00000169. The van der Waals surface area contributed by atoms with Gasteiger partial charge in [-0.2, -0.15) is 0 Å². The lowest BCUT2D eigenvalue weighted by Gasteiger charge is -2.34. The number of hydrogen-bond acceptors (Lipinski definition) is 5. The Labute approximate surface area is 168 Å². The molecule has 9 heteroatoms. The Hall–Kier alpha value is -0.860. The minimum atomic E-state index is -2.86. The van der Waals surface area contributed by atoms with Crippen molar-refractivity contribution in [3.8, 4) is 0 Å². The molecule has 148 valence electrons. The van der Waals surface area contributed by atoms with Crippen LogP contribution in [0.4, 0.5) is 0 Å². The van der Waals surface area contributed by atoms with E-state index in [0.29, 0.717) is 25.2 Å². The second-order valence-electron chi connectivity index (χ2n) is 6.68. The second-order valence-corrected chi connectivity index (χ2v) is 8.98. The van der Waals surface area contributed by atoms with Crippen molar-refractivity contribution in [3.63, 3.8) is 0 Å². The van der Waals surface area contributed by atoms with Gasteiger partial charge >= 0.3 is 0 Å². The quantitative estimate of drug-likeness (QED) is 0.790. The number of carbonyl (C=O) groups is 1. The number of sulfone groups is 1. The van der Waals surface area contributed by atoms with Gasteiger partial charge in [0.25, 0.3) is 5.91 Å². The molecule has 1 unspecified atom stereocenters. The van der Waals surface area contributed by atoms with Gasteiger partial charge in [-0.05, 0) is 24.6 Å². The van der Waals surface area contributed by atoms with Crippen LogP contribution in [0.5, 0.6) is 0 Å². The highest BCUT2D eigenvalue weighted by Gasteiger charge is 2.25.